The zero-order valence-electron chi connectivity index (χ0n) is 19.5. The first-order valence-electron chi connectivity index (χ1n) is 11.8. The fourth-order valence-corrected chi connectivity index (χ4v) is 4.66. The molecule has 0 unspecified atom stereocenters. The summed E-state index contributed by atoms with van der Waals surface area (Å²) < 4.78 is 16.9. The van der Waals surface area contributed by atoms with Gasteiger partial charge in [-0.1, -0.05) is 12.1 Å². The number of piperidine rings is 1. The van der Waals surface area contributed by atoms with Gasteiger partial charge in [-0.15, -0.1) is 0 Å². The van der Waals surface area contributed by atoms with Gasteiger partial charge in [0.25, 0.3) is 5.91 Å². The van der Waals surface area contributed by atoms with Crippen LogP contribution in [0.5, 0.6) is 5.75 Å². The molecule has 3 aromatic rings. The zero-order chi connectivity index (χ0) is 23.5. The molecular weight excluding hydrogens is 434 g/mol. The second-order valence-electron chi connectivity index (χ2n) is 8.90. The number of likely N-dealkylation sites (tertiary alicyclic amines) is 1. The number of aliphatic hydroxyl groups excluding tert-OH is 1. The van der Waals surface area contributed by atoms with E-state index in [1.54, 1.807) is 13.2 Å². The van der Waals surface area contributed by atoms with Gasteiger partial charge in [-0.05, 0) is 48.7 Å². The number of nitrogens with zero attached hydrogens (tertiary/aromatic N) is 2. The van der Waals surface area contributed by atoms with Crippen molar-refractivity contribution in [1.82, 2.24) is 4.90 Å². The first-order chi connectivity index (χ1) is 16.6. The predicted octanol–water partition coefficient (Wildman–Crippen LogP) is 3.49. The summed E-state index contributed by atoms with van der Waals surface area (Å²) in [6.45, 7) is 5.58. The largest absolute Gasteiger partial charge is 0.493 e. The topological polar surface area (TPSA) is 87.4 Å². The van der Waals surface area contributed by atoms with Gasteiger partial charge in [-0.3, -0.25) is 9.69 Å². The van der Waals surface area contributed by atoms with Gasteiger partial charge in [0.05, 0.1) is 26.4 Å². The zero-order valence-corrected chi connectivity index (χ0v) is 19.5. The molecule has 2 N–H and O–H groups in total. The third-order valence-electron chi connectivity index (χ3n) is 6.59. The van der Waals surface area contributed by atoms with Gasteiger partial charge in [0.15, 0.2) is 17.1 Å². The molecule has 0 saturated carbocycles. The Hall–Kier alpha value is -3.07. The van der Waals surface area contributed by atoms with Gasteiger partial charge >= 0.3 is 0 Å². The lowest BCUT2D eigenvalue weighted by Crippen LogP contribution is -2.36. The van der Waals surface area contributed by atoms with Crippen LogP contribution in [0.2, 0.25) is 0 Å². The fraction of sp³-hybridized carbons (Fsp3) is 0.423. The van der Waals surface area contributed by atoms with Crippen molar-refractivity contribution in [3.63, 3.8) is 0 Å². The molecule has 2 aliphatic heterocycles. The fourth-order valence-electron chi connectivity index (χ4n) is 4.66. The van der Waals surface area contributed by atoms with Crippen molar-refractivity contribution >= 4 is 28.3 Å². The first-order valence-corrected chi connectivity index (χ1v) is 11.8. The lowest BCUT2D eigenvalue weighted by Gasteiger charge is -2.29. The van der Waals surface area contributed by atoms with Gasteiger partial charge in [-0.25, -0.2) is 0 Å². The van der Waals surface area contributed by atoms with E-state index >= 15 is 0 Å². The highest BCUT2D eigenvalue weighted by Gasteiger charge is 2.22. The highest BCUT2D eigenvalue weighted by Crippen LogP contribution is 2.36. The van der Waals surface area contributed by atoms with Gasteiger partial charge in [0.1, 0.15) is 0 Å². The molecule has 2 aromatic carbocycles. The number of benzene rings is 2. The summed E-state index contributed by atoms with van der Waals surface area (Å²) in [5, 5.41) is 13.5. The van der Waals surface area contributed by atoms with Gasteiger partial charge in [0.2, 0.25) is 0 Å². The Labute approximate surface area is 199 Å². The molecule has 0 atom stereocenters. The molecule has 0 radical (unpaired) electrons. The van der Waals surface area contributed by atoms with Crippen LogP contribution in [-0.4, -0.2) is 68.5 Å². The summed E-state index contributed by atoms with van der Waals surface area (Å²) in [6, 6.07) is 13.5. The molecule has 8 nitrogen and oxygen atoms in total. The minimum atomic E-state index is -0.302. The molecule has 0 aliphatic carbocycles. The molecule has 1 aromatic heterocycles. The minimum Gasteiger partial charge on any atom is -0.493 e. The van der Waals surface area contributed by atoms with Crippen molar-refractivity contribution in [1.29, 1.82) is 0 Å². The van der Waals surface area contributed by atoms with Crippen LogP contribution >= 0.6 is 0 Å². The van der Waals surface area contributed by atoms with Crippen LogP contribution in [-0.2, 0) is 11.3 Å². The van der Waals surface area contributed by atoms with Crippen LogP contribution in [0.3, 0.4) is 0 Å². The number of aliphatic hydroxyl groups is 1. The van der Waals surface area contributed by atoms with E-state index in [0.717, 1.165) is 56.6 Å². The Morgan fingerprint density at radius 3 is 2.53 bits per heavy atom. The maximum atomic E-state index is 13.0. The number of fused-ring (bicyclic) bond motifs is 1. The molecule has 1 amide bonds. The maximum absolute atomic E-state index is 13.0. The standard InChI is InChI=1S/C26H31N3O5/c1-32-23-7-6-22(29-12-14-33-15-13-29)21-16-24(34-25(21)23)26(31)27-19-4-2-18(3-5-19)17-28-10-8-20(30)9-11-28/h2-7,16,20,30H,8-15,17H2,1H3,(H,27,31). The Morgan fingerprint density at radius 2 is 1.82 bits per heavy atom. The lowest BCUT2D eigenvalue weighted by atomic mass is 10.1. The third-order valence-corrected chi connectivity index (χ3v) is 6.59. The van der Waals surface area contributed by atoms with E-state index in [9.17, 15) is 9.90 Å². The molecule has 2 fully saturated rings. The number of anilines is 2. The van der Waals surface area contributed by atoms with Gasteiger partial charge in [0, 0.05) is 49.5 Å². The van der Waals surface area contributed by atoms with Crippen LogP contribution in [0.15, 0.2) is 46.9 Å². The molecule has 5 rings (SSSR count). The van der Waals surface area contributed by atoms with E-state index in [-0.39, 0.29) is 17.8 Å². The molecule has 0 bridgehead atoms. The first kappa shape index (κ1) is 22.7. The summed E-state index contributed by atoms with van der Waals surface area (Å²) in [6.07, 6.45) is 1.48. The van der Waals surface area contributed by atoms with Crippen molar-refractivity contribution in [3.8, 4) is 5.75 Å². The van der Waals surface area contributed by atoms with Crippen LogP contribution in [0.1, 0.15) is 29.0 Å². The number of rotatable bonds is 6. The highest BCUT2D eigenvalue weighted by molar-refractivity contribution is 6.07. The van der Waals surface area contributed by atoms with Crippen molar-refractivity contribution in [2.45, 2.75) is 25.5 Å². The number of hydrogen-bond donors (Lipinski definition) is 2. The van der Waals surface area contributed by atoms with E-state index in [1.165, 1.54) is 5.56 Å². The van der Waals surface area contributed by atoms with Crippen LogP contribution < -0.4 is 15.0 Å². The maximum Gasteiger partial charge on any atom is 0.291 e. The number of ether oxygens (including phenoxy) is 2. The van der Waals surface area contributed by atoms with E-state index in [4.69, 9.17) is 13.9 Å². The molecule has 8 heteroatoms. The molecule has 2 saturated heterocycles. The Morgan fingerprint density at radius 1 is 1.09 bits per heavy atom. The smallest absolute Gasteiger partial charge is 0.291 e. The Balaban J connectivity index is 1.30. The molecule has 0 spiro atoms. The summed E-state index contributed by atoms with van der Waals surface area (Å²) >= 11 is 0. The molecular formula is C26H31N3O5. The van der Waals surface area contributed by atoms with Gasteiger partial charge in [-0.2, -0.15) is 0 Å². The average Bonchev–Trinajstić information content (AvgIpc) is 3.32. The van der Waals surface area contributed by atoms with E-state index < -0.39 is 0 Å². The number of nitrogens with one attached hydrogen (secondary N) is 1. The molecule has 2 aliphatic rings. The summed E-state index contributed by atoms with van der Waals surface area (Å²) in [5.74, 6) is 0.537. The minimum absolute atomic E-state index is 0.169. The number of furan rings is 1. The van der Waals surface area contributed by atoms with Crippen molar-refractivity contribution in [3.05, 3.63) is 53.8 Å². The van der Waals surface area contributed by atoms with Crippen molar-refractivity contribution < 1.29 is 23.8 Å². The number of methoxy groups -OCH3 is 1. The van der Waals surface area contributed by atoms with Crippen LogP contribution in [0.25, 0.3) is 11.0 Å². The lowest BCUT2D eigenvalue weighted by molar-refractivity contribution is 0.0792. The number of carbonyl (C=O) groups is 1. The number of hydrogen-bond acceptors (Lipinski definition) is 7. The summed E-state index contributed by atoms with van der Waals surface area (Å²) in [7, 11) is 1.60. The van der Waals surface area contributed by atoms with E-state index in [2.05, 4.69) is 15.1 Å². The SMILES string of the molecule is COc1ccc(N2CCOCC2)c2cc(C(=O)Nc3ccc(CN4CCC(O)CC4)cc3)oc12. The van der Waals surface area contributed by atoms with Crippen LogP contribution in [0.4, 0.5) is 11.4 Å². The molecule has 34 heavy (non-hydrogen) atoms. The molecule has 180 valence electrons. The Kier molecular flexibility index (Phi) is 6.71. The van der Waals surface area contributed by atoms with Crippen LogP contribution in [0, 0.1) is 0 Å². The monoisotopic (exact) mass is 465 g/mol. The predicted molar refractivity (Wildman–Crippen MR) is 131 cm³/mol. The molecule has 3 heterocycles. The second-order valence-corrected chi connectivity index (χ2v) is 8.90. The average molecular weight is 466 g/mol. The second kappa shape index (κ2) is 10.0. The van der Waals surface area contributed by atoms with E-state index in [0.29, 0.717) is 30.2 Å². The quantitative estimate of drug-likeness (QED) is 0.576. The summed E-state index contributed by atoms with van der Waals surface area (Å²) in [5.41, 5.74) is 3.47. The van der Waals surface area contributed by atoms with Gasteiger partial charge < -0.3 is 29.2 Å². The summed E-state index contributed by atoms with van der Waals surface area (Å²) in [4.78, 5) is 17.6. The van der Waals surface area contributed by atoms with Crippen molar-refractivity contribution in [2.75, 3.05) is 56.7 Å². The van der Waals surface area contributed by atoms with Crippen molar-refractivity contribution in [2.24, 2.45) is 0 Å². The normalized spacial score (nSPS) is 17.8. The Bertz CT molecular complexity index is 1130. The third kappa shape index (κ3) is 4.89. The highest BCUT2D eigenvalue weighted by atomic mass is 16.5. The number of carbonyl (C=O) groups excluding carboxylic acids is 1. The number of amides is 1. The van der Waals surface area contributed by atoms with E-state index in [1.807, 2.05) is 36.4 Å². The number of morpholine rings is 1.